The van der Waals surface area contributed by atoms with Crippen LogP contribution in [-0.4, -0.2) is 92.2 Å². The van der Waals surface area contributed by atoms with E-state index in [2.05, 4.69) is 15.6 Å². The molecule has 298 valence electrons. The number of hydrogen-bond acceptors (Lipinski definition) is 9. The van der Waals surface area contributed by atoms with Gasteiger partial charge in [-0.15, -0.1) is 0 Å². The average Bonchev–Trinajstić information content (AvgIpc) is 3.17. The zero-order valence-corrected chi connectivity index (χ0v) is 33.3. The third-order valence-electron chi connectivity index (χ3n) is 9.17. The summed E-state index contributed by atoms with van der Waals surface area (Å²) in [5.41, 5.74) is 0.557. The Morgan fingerprint density at radius 2 is 1.64 bits per heavy atom. The second-order valence-electron chi connectivity index (χ2n) is 14.1. The Morgan fingerprint density at radius 3 is 2.27 bits per heavy atom. The third-order valence-corrected chi connectivity index (χ3v) is 11.4. The molecule has 1 aliphatic rings. The first-order chi connectivity index (χ1) is 26.6. The lowest BCUT2D eigenvalue weighted by Crippen LogP contribution is -2.57. The average molecular weight is 810 g/mol. The van der Waals surface area contributed by atoms with Crippen molar-refractivity contribution in [3.8, 4) is 5.88 Å². The van der Waals surface area contributed by atoms with Crippen molar-refractivity contribution in [1.82, 2.24) is 19.5 Å². The van der Waals surface area contributed by atoms with Gasteiger partial charge in [-0.2, -0.15) is 4.31 Å². The van der Waals surface area contributed by atoms with E-state index in [1.807, 2.05) is 0 Å². The molecule has 0 radical (unpaired) electrons. The summed E-state index contributed by atoms with van der Waals surface area (Å²) in [5, 5.41) is 5.89. The van der Waals surface area contributed by atoms with Gasteiger partial charge in [0.1, 0.15) is 17.5 Å². The van der Waals surface area contributed by atoms with Gasteiger partial charge in [-0.05, 0) is 81.1 Å². The third kappa shape index (κ3) is 10.3. The lowest BCUT2D eigenvalue weighted by atomic mass is 9.85. The Labute approximate surface area is 331 Å². The summed E-state index contributed by atoms with van der Waals surface area (Å²) >= 11 is 6.19. The number of methoxy groups -OCH3 is 2. The van der Waals surface area contributed by atoms with Gasteiger partial charge >= 0.3 is 12.2 Å². The second kappa shape index (κ2) is 18.1. The van der Waals surface area contributed by atoms with Crippen LogP contribution in [-0.2, 0) is 30.7 Å². The summed E-state index contributed by atoms with van der Waals surface area (Å²) < 4.78 is 60.7. The number of carbonyl (C=O) groups is 3. The Kier molecular flexibility index (Phi) is 13.6. The number of aromatic nitrogens is 1. The molecule has 0 saturated carbocycles. The maximum absolute atomic E-state index is 15.8. The van der Waals surface area contributed by atoms with Crippen molar-refractivity contribution in [3.63, 3.8) is 0 Å². The molecule has 2 heterocycles. The van der Waals surface area contributed by atoms with Gasteiger partial charge in [0, 0.05) is 60.1 Å². The molecule has 3 amide bonds. The van der Waals surface area contributed by atoms with E-state index < -0.39 is 57.5 Å². The molecule has 0 spiro atoms. The van der Waals surface area contributed by atoms with Crippen LogP contribution in [0.5, 0.6) is 5.88 Å². The van der Waals surface area contributed by atoms with Crippen LogP contribution in [0, 0.1) is 5.82 Å². The van der Waals surface area contributed by atoms with Gasteiger partial charge in [0.25, 0.3) is 0 Å². The Morgan fingerprint density at radius 1 is 0.946 bits per heavy atom. The Bertz CT molecular complexity index is 2100. The molecule has 4 aromatic rings. The first kappa shape index (κ1) is 41.9. The number of benzene rings is 3. The number of halogens is 2. The van der Waals surface area contributed by atoms with Crippen molar-refractivity contribution in [1.29, 1.82) is 0 Å². The van der Waals surface area contributed by atoms with Crippen LogP contribution in [0.2, 0.25) is 5.02 Å². The molecular formula is C40H45ClFN5O8S. The number of ether oxygens (including phenoxy) is 3. The van der Waals surface area contributed by atoms with Gasteiger partial charge < -0.3 is 29.7 Å². The minimum Gasteiger partial charge on any atom is -0.481 e. The summed E-state index contributed by atoms with van der Waals surface area (Å²) in [5.74, 6) is -1.86. The van der Waals surface area contributed by atoms with Crippen LogP contribution in [0.4, 0.5) is 19.7 Å². The van der Waals surface area contributed by atoms with Crippen molar-refractivity contribution in [3.05, 3.63) is 119 Å². The first-order valence-corrected chi connectivity index (χ1v) is 19.7. The van der Waals surface area contributed by atoms with E-state index >= 15 is 4.39 Å². The molecule has 1 fully saturated rings. The fraction of sp³-hybridized carbons (Fsp3) is 0.350. The molecule has 0 bridgehead atoms. The van der Waals surface area contributed by atoms with Crippen LogP contribution >= 0.6 is 11.6 Å². The molecule has 3 aromatic carbocycles. The number of rotatable bonds is 12. The van der Waals surface area contributed by atoms with E-state index in [1.165, 1.54) is 52.8 Å². The van der Waals surface area contributed by atoms with E-state index in [0.29, 0.717) is 22.0 Å². The number of nitrogens with zero attached hydrogens (tertiary/aromatic N) is 3. The minimum absolute atomic E-state index is 0.0130. The molecule has 1 aliphatic heterocycles. The molecule has 0 aliphatic carbocycles. The van der Waals surface area contributed by atoms with Crippen LogP contribution < -0.4 is 15.4 Å². The Balaban J connectivity index is 1.47. The van der Waals surface area contributed by atoms with Crippen molar-refractivity contribution >= 4 is 45.4 Å². The number of sulfonamides is 1. The number of carbonyl (C=O) groups excluding carboxylic acids is 3. The molecule has 2 N–H and O–H groups in total. The predicted octanol–water partition coefficient (Wildman–Crippen LogP) is 6.62. The molecule has 16 heteroatoms. The highest BCUT2D eigenvalue weighted by Crippen LogP contribution is 2.32. The quantitative estimate of drug-likeness (QED) is 0.161. The van der Waals surface area contributed by atoms with Gasteiger partial charge in [0.2, 0.25) is 21.8 Å². The van der Waals surface area contributed by atoms with E-state index in [9.17, 15) is 22.8 Å². The molecule has 0 unspecified atom stereocenters. The van der Waals surface area contributed by atoms with Gasteiger partial charge in [-0.1, -0.05) is 54.1 Å². The number of piperazine rings is 1. The normalized spacial score (nSPS) is 16.0. The summed E-state index contributed by atoms with van der Waals surface area (Å²) in [6, 6.07) is 20.1. The van der Waals surface area contributed by atoms with Crippen LogP contribution in [0.15, 0.2) is 96.0 Å². The SMILES string of the molecule is COC(=O)N[C@H](C(=O)Nc1cccc(F)c1CC[C@H]1CN(C(=O)OC(C)(C)C)CCN1S(=O)(=O)c1ccccc1)[C@@H](c1ccc(Cl)cc1)c1ccc(OC)nc1. The first-order valence-electron chi connectivity index (χ1n) is 17.8. The topological polar surface area (TPSA) is 156 Å². The number of amides is 3. The molecule has 1 aromatic heterocycles. The standard InChI is InChI=1S/C40H45ClFN5O8S/c1-40(2,3)55-39(50)46-22-23-47(56(51,52)30-10-7-6-8-11-30)29(25-46)19-20-31-32(42)12-9-13-33(31)44-37(48)36(45-38(49)54-5)35(26-14-17-28(41)18-15-26)27-16-21-34(53-4)43-24-27/h6-18,21,24,29,35-36H,19-20,22-23,25H2,1-5H3,(H,44,48)(H,45,49)/t29-,35-,36-/m0/s1. The van der Waals surface area contributed by atoms with Crippen LogP contribution in [0.3, 0.4) is 0 Å². The monoisotopic (exact) mass is 809 g/mol. The predicted molar refractivity (Wildman–Crippen MR) is 209 cm³/mol. The molecule has 13 nitrogen and oxygen atoms in total. The van der Waals surface area contributed by atoms with E-state index in [0.717, 1.165) is 7.11 Å². The lowest BCUT2D eigenvalue weighted by molar-refractivity contribution is -0.118. The van der Waals surface area contributed by atoms with Gasteiger partial charge in [0.05, 0.1) is 19.1 Å². The van der Waals surface area contributed by atoms with Gasteiger partial charge in [0.15, 0.2) is 0 Å². The zero-order chi connectivity index (χ0) is 40.6. The van der Waals surface area contributed by atoms with Gasteiger partial charge in [-0.3, -0.25) is 4.79 Å². The number of anilines is 1. The van der Waals surface area contributed by atoms with Crippen molar-refractivity contribution in [2.75, 3.05) is 39.2 Å². The fourth-order valence-corrected chi connectivity index (χ4v) is 8.28. The number of hydrogen-bond donors (Lipinski definition) is 2. The van der Waals surface area contributed by atoms with Gasteiger partial charge in [-0.25, -0.2) is 27.4 Å². The molecule has 5 rings (SSSR count). The number of alkyl carbamates (subject to hydrolysis) is 1. The van der Waals surface area contributed by atoms with Crippen molar-refractivity contribution < 1.29 is 41.4 Å². The highest BCUT2D eigenvalue weighted by atomic mass is 35.5. The van der Waals surface area contributed by atoms with Crippen LogP contribution in [0.1, 0.15) is 49.8 Å². The molecule has 3 atom stereocenters. The number of nitrogens with one attached hydrogen (secondary N) is 2. The van der Waals surface area contributed by atoms with E-state index in [4.69, 9.17) is 25.8 Å². The van der Waals surface area contributed by atoms with E-state index in [1.54, 1.807) is 75.4 Å². The second-order valence-corrected chi connectivity index (χ2v) is 16.4. The fourth-order valence-electron chi connectivity index (χ4n) is 6.49. The maximum Gasteiger partial charge on any atom is 0.410 e. The molecular weight excluding hydrogens is 765 g/mol. The molecule has 1 saturated heterocycles. The van der Waals surface area contributed by atoms with Crippen molar-refractivity contribution in [2.45, 2.75) is 62.1 Å². The van der Waals surface area contributed by atoms with Crippen LogP contribution in [0.25, 0.3) is 0 Å². The maximum atomic E-state index is 15.8. The van der Waals surface area contributed by atoms with E-state index in [-0.39, 0.29) is 48.6 Å². The summed E-state index contributed by atoms with van der Waals surface area (Å²) in [6.45, 7) is 5.28. The summed E-state index contributed by atoms with van der Waals surface area (Å²) in [6.07, 6.45) is 0.0734. The smallest absolute Gasteiger partial charge is 0.410 e. The summed E-state index contributed by atoms with van der Waals surface area (Å²) in [7, 11) is -1.38. The van der Waals surface area contributed by atoms with Crippen molar-refractivity contribution in [2.24, 2.45) is 0 Å². The largest absolute Gasteiger partial charge is 0.481 e. The summed E-state index contributed by atoms with van der Waals surface area (Å²) in [4.78, 5) is 46.1. The highest BCUT2D eigenvalue weighted by Gasteiger charge is 2.39. The lowest BCUT2D eigenvalue weighted by Gasteiger charge is -2.41. The number of pyridine rings is 1. The Hall–Kier alpha value is -5.25. The highest BCUT2D eigenvalue weighted by molar-refractivity contribution is 7.89. The minimum atomic E-state index is -4.02. The zero-order valence-electron chi connectivity index (χ0n) is 31.7. The molecule has 56 heavy (non-hydrogen) atoms.